The standard InChI is InChI=1S/C12H19N3O2/c1-4-17-11(16)9-5-6-12(2,3)10(7-9)14-8-15-13/h5-8,10H,4,13H2,1-3H3,(H,14,15). The number of hydrazine groups is 1. The molecule has 3 N–H and O–H groups in total. The fourth-order valence-electron chi connectivity index (χ4n) is 1.55. The number of carbonyl (C=O) groups is 1. The van der Waals surface area contributed by atoms with Gasteiger partial charge in [-0.05, 0) is 13.0 Å². The molecule has 0 spiro atoms. The Morgan fingerprint density at radius 3 is 3.00 bits per heavy atom. The van der Waals surface area contributed by atoms with E-state index in [2.05, 4.69) is 10.4 Å². The van der Waals surface area contributed by atoms with Crippen LogP contribution in [0.25, 0.3) is 0 Å². The van der Waals surface area contributed by atoms with Crippen LogP contribution >= 0.6 is 0 Å². The van der Waals surface area contributed by atoms with Crippen molar-refractivity contribution >= 4 is 12.3 Å². The van der Waals surface area contributed by atoms with Gasteiger partial charge < -0.3 is 10.2 Å². The molecular weight excluding hydrogens is 218 g/mol. The number of hydrogen-bond donors (Lipinski definition) is 2. The molecule has 1 rings (SSSR count). The second-order valence-corrected chi connectivity index (χ2v) is 4.39. The topological polar surface area (TPSA) is 76.7 Å². The minimum atomic E-state index is -0.319. The Balaban J connectivity index is 2.89. The second kappa shape index (κ2) is 5.63. The zero-order valence-corrected chi connectivity index (χ0v) is 10.4. The van der Waals surface area contributed by atoms with E-state index in [4.69, 9.17) is 10.6 Å². The molecule has 94 valence electrons. The maximum absolute atomic E-state index is 11.6. The molecule has 17 heavy (non-hydrogen) atoms. The number of ether oxygens (including phenoxy) is 1. The fourth-order valence-corrected chi connectivity index (χ4v) is 1.55. The van der Waals surface area contributed by atoms with Crippen LogP contribution in [0.1, 0.15) is 20.8 Å². The average molecular weight is 237 g/mol. The fraction of sp³-hybridized carbons (Fsp3) is 0.500. The number of carbonyl (C=O) groups excluding carboxylic acids is 1. The first-order valence-electron chi connectivity index (χ1n) is 5.57. The summed E-state index contributed by atoms with van der Waals surface area (Å²) in [6.45, 7) is 6.23. The van der Waals surface area contributed by atoms with Gasteiger partial charge in [-0.1, -0.05) is 26.0 Å². The van der Waals surface area contributed by atoms with Gasteiger partial charge in [0.1, 0.15) is 0 Å². The van der Waals surface area contributed by atoms with Gasteiger partial charge in [-0.25, -0.2) is 10.6 Å². The molecule has 5 nitrogen and oxygen atoms in total. The van der Waals surface area contributed by atoms with Gasteiger partial charge in [0, 0.05) is 5.41 Å². The van der Waals surface area contributed by atoms with Gasteiger partial charge in [0.25, 0.3) is 0 Å². The molecule has 0 bridgehead atoms. The van der Waals surface area contributed by atoms with Crippen LogP contribution in [0.15, 0.2) is 28.8 Å². The SMILES string of the molecule is CCOC(=O)C1=CC(N=CNN)C(C)(C)C=C1. The number of nitrogens with zero attached hydrogens (tertiary/aromatic N) is 1. The zero-order chi connectivity index (χ0) is 12.9. The van der Waals surface area contributed by atoms with Crippen LogP contribution in [0.3, 0.4) is 0 Å². The van der Waals surface area contributed by atoms with E-state index in [1.54, 1.807) is 19.1 Å². The van der Waals surface area contributed by atoms with E-state index < -0.39 is 0 Å². The van der Waals surface area contributed by atoms with Crippen LogP contribution in [0.4, 0.5) is 0 Å². The van der Waals surface area contributed by atoms with Crippen LogP contribution in [0.5, 0.6) is 0 Å². The van der Waals surface area contributed by atoms with E-state index in [1.165, 1.54) is 6.34 Å². The summed E-state index contributed by atoms with van der Waals surface area (Å²) in [4.78, 5) is 15.8. The van der Waals surface area contributed by atoms with Crippen molar-refractivity contribution in [3.63, 3.8) is 0 Å². The Hall–Kier alpha value is -1.62. The van der Waals surface area contributed by atoms with Crippen LogP contribution in [-0.4, -0.2) is 25.0 Å². The Labute approximate surface area is 101 Å². The molecule has 1 aliphatic carbocycles. The highest BCUT2D eigenvalue weighted by atomic mass is 16.5. The lowest BCUT2D eigenvalue weighted by molar-refractivity contribution is -0.138. The first-order chi connectivity index (χ1) is 8.01. The quantitative estimate of drug-likeness (QED) is 0.251. The highest BCUT2D eigenvalue weighted by Crippen LogP contribution is 2.31. The largest absolute Gasteiger partial charge is 0.462 e. The van der Waals surface area contributed by atoms with Crippen molar-refractivity contribution in [2.24, 2.45) is 16.3 Å². The Bertz CT molecular complexity index is 370. The van der Waals surface area contributed by atoms with Crippen molar-refractivity contribution in [1.29, 1.82) is 0 Å². The van der Waals surface area contributed by atoms with Crippen molar-refractivity contribution in [2.75, 3.05) is 6.61 Å². The maximum Gasteiger partial charge on any atom is 0.337 e. The lowest BCUT2D eigenvalue weighted by atomic mass is 9.80. The molecule has 0 amide bonds. The molecule has 0 saturated heterocycles. The Morgan fingerprint density at radius 2 is 2.41 bits per heavy atom. The Morgan fingerprint density at radius 1 is 1.71 bits per heavy atom. The van der Waals surface area contributed by atoms with Gasteiger partial charge in [0.05, 0.1) is 24.6 Å². The van der Waals surface area contributed by atoms with Crippen molar-refractivity contribution in [1.82, 2.24) is 5.43 Å². The summed E-state index contributed by atoms with van der Waals surface area (Å²) in [5, 5.41) is 0. The predicted octanol–water partition coefficient (Wildman–Crippen LogP) is 0.932. The van der Waals surface area contributed by atoms with Crippen LogP contribution in [-0.2, 0) is 9.53 Å². The number of esters is 1. The summed E-state index contributed by atoms with van der Waals surface area (Å²) in [6.07, 6.45) is 6.95. The molecular formula is C12H19N3O2. The minimum absolute atomic E-state index is 0.136. The van der Waals surface area contributed by atoms with Crippen molar-refractivity contribution in [3.8, 4) is 0 Å². The van der Waals surface area contributed by atoms with Gasteiger partial charge in [0.15, 0.2) is 0 Å². The van der Waals surface area contributed by atoms with E-state index in [1.807, 2.05) is 19.9 Å². The normalized spacial score (nSPS) is 22.4. The monoisotopic (exact) mass is 237 g/mol. The molecule has 1 unspecified atom stereocenters. The van der Waals surface area contributed by atoms with Gasteiger partial charge >= 0.3 is 5.97 Å². The molecule has 0 heterocycles. The van der Waals surface area contributed by atoms with E-state index in [9.17, 15) is 4.79 Å². The summed E-state index contributed by atoms with van der Waals surface area (Å²) in [7, 11) is 0. The number of aliphatic imine (C=N–C) groups is 1. The zero-order valence-electron chi connectivity index (χ0n) is 10.4. The number of rotatable bonds is 4. The van der Waals surface area contributed by atoms with E-state index in [0.29, 0.717) is 12.2 Å². The van der Waals surface area contributed by atoms with Crippen molar-refractivity contribution < 1.29 is 9.53 Å². The third-order valence-electron chi connectivity index (χ3n) is 2.61. The summed E-state index contributed by atoms with van der Waals surface area (Å²) in [5.74, 6) is 4.83. The first-order valence-corrected chi connectivity index (χ1v) is 5.57. The molecule has 0 fully saturated rings. The number of nitrogens with one attached hydrogen (secondary N) is 1. The molecule has 0 radical (unpaired) electrons. The molecule has 1 aliphatic rings. The Kier molecular flexibility index (Phi) is 4.45. The molecule has 0 aromatic rings. The van der Waals surface area contributed by atoms with Crippen molar-refractivity contribution in [3.05, 3.63) is 23.8 Å². The maximum atomic E-state index is 11.6. The highest BCUT2D eigenvalue weighted by molar-refractivity contribution is 5.92. The third kappa shape index (κ3) is 3.42. The smallest absolute Gasteiger partial charge is 0.337 e. The van der Waals surface area contributed by atoms with E-state index in [-0.39, 0.29) is 17.4 Å². The van der Waals surface area contributed by atoms with Crippen LogP contribution in [0, 0.1) is 5.41 Å². The minimum Gasteiger partial charge on any atom is -0.462 e. The second-order valence-electron chi connectivity index (χ2n) is 4.39. The third-order valence-corrected chi connectivity index (χ3v) is 2.61. The van der Waals surface area contributed by atoms with E-state index >= 15 is 0 Å². The van der Waals surface area contributed by atoms with Gasteiger partial charge in [-0.3, -0.25) is 4.99 Å². The van der Waals surface area contributed by atoms with Crippen LogP contribution in [0.2, 0.25) is 0 Å². The highest BCUT2D eigenvalue weighted by Gasteiger charge is 2.29. The number of nitrogens with two attached hydrogens (primary N) is 1. The average Bonchev–Trinajstić information content (AvgIpc) is 2.27. The van der Waals surface area contributed by atoms with Gasteiger partial charge in [-0.2, -0.15) is 0 Å². The molecule has 1 atom stereocenters. The lowest BCUT2D eigenvalue weighted by Gasteiger charge is -2.29. The molecule has 0 aliphatic heterocycles. The molecule has 0 aromatic heterocycles. The van der Waals surface area contributed by atoms with Gasteiger partial charge in [0.2, 0.25) is 0 Å². The van der Waals surface area contributed by atoms with Crippen LogP contribution < -0.4 is 11.3 Å². The summed E-state index contributed by atoms with van der Waals surface area (Å²) >= 11 is 0. The van der Waals surface area contributed by atoms with Crippen molar-refractivity contribution in [2.45, 2.75) is 26.8 Å². The van der Waals surface area contributed by atoms with Gasteiger partial charge in [-0.15, -0.1) is 0 Å². The molecule has 0 saturated carbocycles. The van der Waals surface area contributed by atoms with E-state index in [0.717, 1.165) is 0 Å². The summed E-state index contributed by atoms with van der Waals surface area (Å²) in [6, 6.07) is -0.136. The molecule has 5 heteroatoms. The lowest BCUT2D eigenvalue weighted by Crippen LogP contribution is -2.30. The first kappa shape index (κ1) is 13.4. The summed E-state index contributed by atoms with van der Waals surface area (Å²) < 4.78 is 4.95. The summed E-state index contributed by atoms with van der Waals surface area (Å²) in [5.41, 5.74) is 2.74. The molecule has 0 aromatic carbocycles. The predicted molar refractivity (Wildman–Crippen MR) is 67.2 cm³/mol. The number of hydrogen-bond acceptors (Lipinski definition) is 4.